The maximum atomic E-state index is 13.2. The molecule has 2 amide bonds. The van der Waals surface area contributed by atoms with Crippen molar-refractivity contribution in [2.75, 3.05) is 13.7 Å². The number of amides is 2. The first-order valence-electron chi connectivity index (χ1n) is 9.50. The third kappa shape index (κ3) is 6.38. The van der Waals surface area contributed by atoms with E-state index in [1.807, 2.05) is 31.2 Å². The molecule has 29 heavy (non-hydrogen) atoms. The van der Waals surface area contributed by atoms with Crippen LogP contribution >= 0.6 is 23.2 Å². The minimum atomic E-state index is -0.641. The van der Waals surface area contributed by atoms with E-state index in [2.05, 4.69) is 5.32 Å². The summed E-state index contributed by atoms with van der Waals surface area (Å²) in [7, 11) is 1.60. The molecule has 1 atom stereocenters. The summed E-state index contributed by atoms with van der Waals surface area (Å²) in [6.07, 6.45) is 0.834. The van der Waals surface area contributed by atoms with Crippen LogP contribution < -0.4 is 10.1 Å². The van der Waals surface area contributed by atoms with E-state index < -0.39 is 6.04 Å². The maximum absolute atomic E-state index is 13.2. The van der Waals surface area contributed by atoms with E-state index in [0.29, 0.717) is 22.2 Å². The summed E-state index contributed by atoms with van der Waals surface area (Å²) < 4.78 is 5.18. The molecule has 0 spiro atoms. The molecule has 0 heterocycles. The van der Waals surface area contributed by atoms with Gasteiger partial charge < -0.3 is 15.0 Å². The fourth-order valence-corrected chi connectivity index (χ4v) is 3.39. The summed E-state index contributed by atoms with van der Waals surface area (Å²) in [6.45, 7) is 4.54. The van der Waals surface area contributed by atoms with Gasteiger partial charge in [0.25, 0.3) is 0 Å². The summed E-state index contributed by atoms with van der Waals surface area (Å²) >= 11 is 12.5. The first kappa shape index (κ1) is 23.0. The summed E-state index contributed by atoms with van der Waals surface area (Å²) in [5, 5.41) is 3.71. The van der Waals surface area contributed by atoms with Crippen LogP contribution in [0.3, 0.4) is 0 Å². The quantitative estimate of drug-likeness (QED) is 0.629. The van der Waals surface area contributed by atoms with Crippen molar-refractivity contribution in [3.63, 3.8) is 0 Å². The Morgan fingerprint density at radius 2 is 1.72 bits per heavy atom. The van der Waals surface area contributed by atoms with E-state index in [-0.39, 0.29) is 24.8 Å². The van der Waals surface area contributed by atoms with Crippen LogP contribution in [0.1, 0.15) is 31.4 Å². The number of carbonyl (C=O) groups is 2. The number of hydrogen-bond acceptors (Lipinski definition) is 3. The lowest BCUT2D eigenvalue weighted by molar-refractivity contribution is -0.140. The van der Waals surface area contributed by atoms with Crippen LogP contribution in [-0.4, -0.2) is 36.4 Å². The van der Waals surface area contributed by atoms with E-state index in [1.165, 1.54) is 0 Å². The van der Waals surface area contributed by atoms with E-state index in [4.69, 9.17) is 27.9 Å². The molecule has 0 aliphatic heterocycles. The predicted octanol–water partition coefficient (Wildman–Crippen LogP) is 4.49. The van der Waals surface area contributed by atoms with Gasteiger partial charge in [0.1, 0.15) is 11.8 Å². The van der Waals surface area contributed by atoms with Gasteiger partial charge in [0.2, 0.25) is 11.8 Å². The molecule has 2 aromatic carbocycles. The largest absolute Gasteiger partial charge is 0.497 e. The van der Waals surface area contributed by atoms with Gasteiger partial charge in [0.05, 0.1) is 13.5 Å². The van der Waals surface area contributed by atoms with Crippen LogP contribution in [0.5, 0.6) is 5.75 Å². The number of hydrogen-bond donors (Lipinski definition) is 1. The highest BCUT2D eigenvalue weighted by molar-refractivity contribution is 6.36. The summed E-state index contributed by atoms with van der Waals surface area (Å²) in [5.41, 5.74) is 1.45. The van der Waals surface area contributed by atoms with Crippen LogP contribution in [0.25, 0.3) is 0 Å². The number of nitrogens with one attached hydrogen (secondary N) is 1. The molecule has 0 radical (unpaired) electrons. The van der Waals surface area contributed by atoms with Gasteiger partial charge in [-0.2, -0.15) is 0 Å². The Kier molecular flexibility index (Phi) is 8.80. The summed E-state index contributed by atoms with van der Waals surface area (Å²) in [4.78, 5) is 27.3. The molecule has 0 aliphatic rings. The highest BCUT2D eigenvalue weighted by Gasteiger charge is 2.27. The van der Waals surface area contributed by atoms with Crippen molar-refractivity contribution < 1.29 is 14.3 Å². The Labute approximate surface area is 181 Å². The molecule has 2 aromatic rings. The Morgan fingerprint density at radius 3 is 2.28 bits per heavy atom. The van der Waals surface area contributed by atoms with Crippen molar-refractivity contribution >= 4 is 35.0 Å². The molecule has 156 valence electrons. The molecule has 7 heteroatoms. The highest BCUT2D eigenvalue weighted by atomic mass is 35.5. The summed E-state index contributed by atoms with van der Waals surface area (Å²) in [6, 6.07) is 11.9. The van der Waals surface area contributed by atoms with Gasteiger partial charge in [-0.15, -0.1) is 0 Å². The molecule has 0 unspecified atom stereocenters. The van der Waals surface area contributed by atoms with Gasteiger partial charge in [-0.25, -0.2) is 0 Å². The lowest BCUT2D eigenvalue weighted by atomic mass is 10.1. The van der Waals surface area contributed by atoms with Gasteiger partial charge in [-0.1, -0.05) is 48.3 Å². The van der Waals surface area contributed by atoms with Gasteiger partial charge in [0, 0.05) is 23.1 Å². The molecule has 0 fully saturated rings. The Balaban J connectivity index is 2.26. The molecule has 1 N–H and O–H groups in total. The second kappa shape index (κ2) is 11.1. The zero-order valence-corrected chi connectivity index (χ0v) is 18.4. The summed E-state index contributed by atoms with van der Waals surface area (Å²) in [5.74, 6) is 0.303. The zero-order valence-electron chi connectivity index (χ0n) is 16.9. The normalized spacial score (nSPS) is 11.6. The lowest BCUT2D eigenvalue weighted by Crippen LogP contribution is -2.48. The first-order chi connectivity index (χ1) is 13.9. The number of ether oxygens (including phenoxy) is 1. The van der Waals surface area contributed by atoms with Gasteiger partial charge >= 0.3 is 0 Å². The lowest BCUT2D eigenvalue weighted by Gasteiger charge is -2.29. The topological polar surface area (TPSA) is 58.6 Å². The van der Waals surface area contributed by atoms with Gasteiger partial charge in [-0.05, 0) is 48.7 Å². The Hall–Kier alpha value is -2.24. The van der Waals surface area contributed by atoms with Crippen LogP contribution in [-0.2, 0) is 22.6 Å². The van der Waals surface area contributed by atoms with E-state index in [0.717, 1.165) is 17.7 Å². The average molecular weight is 437 g/mol. The smallest absolute Gasteiger partial charge is 0.242 e. The fraction of sp³-hybridized carbons (Fsp3) is 0.364. The van der Waals surface area contributed by atoms with E-state index in [9.17, 15) is 9.59 Å². The third-order valence-electron chi connectivity index (χ3n) is 4.62. The van der Waals surface area contributed by atoms with Crippen molar-refractivity contribution in [1.82, 2.24) is 10.2 Å². The van der Waals surface area contributed by atoms with Gasteiger partial charge in [0.15, 0.2) is 0 Å². The molecule has 0 bridgehead atoms. The monoisotopic (exact) mass is 436 g/mol. The Bertz CT molecular complexity index is 820. The van der Waals surface area contributed by atoms with Gasteiger partial charge in [-0.3, -0.25) is 9.59 Å². The van der Waals surface area contributed by atoms with Crippen LogP contribution in [0, 0.1) is 0 Å². The van der Waals surface area contributed by atoms with Crippen molar-refractivity contribution in [2.24, 2.45) is 0 Å². The number of benzene rings is 2. The van der Waals surface area contributed by atoms with Crippen molar-refractivity contribution in [3.8, 4) is 5.75 Å². The molecular weight excluding hydrogens is 411 g/mol. The standard InChI is InChI=1S/C22H26Cl2N2O3/c1-4-12-25-22(28)15(2)26(14-16-8-10-17(29-3)11-9-16)21(27)13-18-19(23)6-5-7-20(18)24/h5-11,15H,4,12-14H2,1-3H3,(H,25,28)/t15-/m0/s1. The fourth-order valence-electron chi connectivity index (χ4n) is 2.86. The molecular formula is C22H26Cl2N2O3. The van der Waals surface area contributed by atoms with Crippen LogP contribution in [0.2, 0.25) is 10.0 Å². The molecule has 5 nitrogen and oxygen atoms in total. The SMILES string of the molecule is CCCNC(=O)[C@H](C)N(Cc1ccc(OC)cc1)C(=O)Cc1c(Cl)cccc1Cl. The zero-order chi connectivity index (χ0) is 21.4. The average Bonchev–Trinajstić information content (AvgIpc) is 2.72. The van der Waals surface area contributed by atoms with E-state index >= 15 is 0 Å². The molecule has 0 aliphatic carbocycles. The number of nitrogens with zero attached hydrogens (tertiary/aromatic N) is 1. The molecule has 0 aromatic heterocycles. The minimum Gasteiger partial charge on any atom is -0.497 e. The number of carbonyl (C=O) groups excluding carboxylic acids is 2. The second-order valence-corrected chi connectivity index (χ2v) is 7.53. The number of rotatable bonds is 9. The minimum absolute atomic E-state index is 0.0139. The molecule has 0 saturated carbocycles. The Morgan fingerprint density at radius 1 is 1.10 bits per heavy atom. The van der Waals surface area contributed by atoms with Crippen molar-refractivity contribution in [3.05, 3.63) is 63.6 Å². The number of methoxy groups -OCH3 is 1. The number of halogens is 2. The van der Waals surface area contributed by atoms with Crippen LogP contribution in [0.4, 0.5) is 0 Å². The first-order valence-corrected chi connectivity index (χ1v) is 10.3. The third-order valence-corrected chi connectivity index (χ3v) is 5.33. The molecule has 0 saturated heterocycles. The van der Waals surface area contributed by atoms with Crippen molar-refractivity contribution in [2.45, 2.75) is 39.3 Å². The second-order valence-electron chi connectivity index (χ2n) is 6.71. The highest BCUT2D eigenvalue weighted by Crippen LogP contribution is 2.26. The van der Waals surface area contributed by atoms with Crippen LogP contribution in [0.15, 0.2) is 42.5 Å². The molecule has 2 rings (SSSR count). The van der Waals surface area contributed by atoms with Crippen molar-refractivity contribution in [1.29, 1.82) is 0 Å². The predicted molar refractivity (Wildman–Crippen MR) is 116 cm³/mol. The van der Waals surface area contributed by atoms with E-state index in [1.54, 1.807) is 37.1 Å². The maximum Gasteiger partial charge on any atom is 0.242 e.